The van der Waals surface area contributed by atoms with Crippen LogP contribution in [-0.4, -0.2) is 37.2 Å². The maximum absolute atomic E-state index is 13.3. The van der Waals surface area contributed by atoms with Crippen molar-refractivity contribution in [3.8, 4) is 11.6 Å². The molecule has 0 aliphatic carbocycles. The van der Waals surface area contributed by atoms with Crippen molar-refractivity contribution in [2.75, 3.05) is 26.3 Å². The molecule has 1 aromatic carbocycles. The number of nitrogens with one attached hydrogen (secondary N) is 2. The van der Waals surface area contributed by atoms with Crippen LogP contribution in [0.25, 0.3) is 0 Å². The van der Waals surface area contributed by atoms with Crippen LogP contribution in [-0.2, 0) is 11.3 Å². The molecule has 0 fully saturated rings. The van der Waals surface area contributed by atoms with E-state index < -0.39 is 0 Å². The van der Waals surface area contributed by atoms with E-state index in [1.54, 1.807) is 18.3 Å². The monoisotopic (exact) mass is 360 g/mol. The Labute approximate surface area is 153 Å². The molecule has 0 saturated heterocycles. The number of aromatic nitrogens is 1. The van der Waals surface area contributed by atoms with Crippen molar-refractivity contribution in [2.24, 2.45) is 4.99 Å². The molecule has 0 saturated carbocycles. The maximum atomic E-state index is 13.3. The van der Waals surface area contributed by atoms with E-state index in [2.05, 4.69) is 20.6 Å². The lowest BCUT2D eigenvalue weighted by atomic mass is 10.2. The molecule has 0 radical (unpaired) electrons. The van der Waals surface area contributed by atoms with Crippen LogP contribution < -0.4 is 15.4 Å². The second-order valence-electron chi connectivity index (χ2n) is 5.35. The van der Waals surface area contributed by atoms with E-state index in [9.17, 15) is 4.39 Å². The summed E-state index contributed by atoms with van der Waals surface area (Å²) < 4.78 is 24.4. The molecule has 0 aliphatic heterocycles. The van der Waals surface area contributed by atoms with Gasteiger partial charge in [0, 0.05) is 37.5 Å². The molecule has 0 atom stereocenters. The van der Waals surface area contributed by atoms with Crippen LogP contribution in [0.15, 0.2) is 47.6 Å². The van der Waals surface area contributed by atoms with Gasteiger partial charge in [-0.2, -0.15) is 0 Å². The molecule has 0 unspecified atom stereocenters. The largest absolute Gasteiger partial charge is 0.439 e. The molecule has 6 nitrogen and oxygen atoms in total. The smallest absolute Gasteiger partial charge is 0.224 e. The summed E-state index contributed by atoms with van der Waals surface area (Å²) in [5.74, 6) is 1.14. The molecule has 0 amide bonds. The topological polar surface area (TPSA) is 67.8 Å². The Morgan fingerprint density at radius 3 is 2.85 bits per heavy atom. The summed E-state index contributed by atoms with van der Waals surface area (Å²) >= 11 is 0. The minimum atomic E-state index is -0.356. The average Bonchev–Trinajstić information content (AvgIpc) is 2.64. The Bertz CT molecular complexity index is 709. The summed E-state index contributed by atoms with van der Waals surface area (Å²) in [7, 11) is 0. The Kier molecular flexibility index (Phi) is 8.35. The fourth-order valence-corrected chi connectivity index (χ4v) is 2.17. The minimum absolute atomic E-state index is 0.356. The lowest BCUT2D eigenvalue weighted by Crippen LogP contribution is -2.39. The van der Waals surface area contributed by atoms with Crippen molar-refractivity contribution >= 4 is 5.96 Å². The van der Waals surface area contributed by atoms with Gasteiger partial charge in [0.15, 0.2) is 5.96 Å². The molecule has 140 valence electrons. The third-order valence-corrected chi connectivity index (χ3v) is 3.36. The number of halogens is 1. The highest BCUT2D eigenvalue weighted by Crippen LogP contribution is 2.23. The van der Waals surface area contributed by atoms with Crippen LogP contribution in [0, 0.1) is 5.82 Å². The zero-order chi connectivity index (χ0) is 18.6. The van der Waals surface area contributed by atoms with Crippen LogP contribution in [0.4, 0.5) is 4.39 Å². The van der Waals surface area contributed by atoms with Crippen molar-refractivity contribution in [3.63, 3.8) is 0 Å². The molecule has 2 N–H and O–H groups in total. The number of hydrogen-bond donors (Lipinski definition) is 2. The van der Waals surface area contributed by atoms with Crippen molar-refractivity contribution in [2.45, 2.75) is 20.4 Å². The van der Waals surface area contributed by atoms with Gasteiger partial charge in [0.05, 0.1) is 13.2 Å². The molecule has 26 heavy (non-hydrogen) atoms. The number of nitrogens with zero attached hydrogens (tertiary/aromatic N) is 2. The van der Waals surface area contributed by atoms with Crippen LogP contribution in [0.3, 0.4) is 0 Å². The number of guanidine groups is 1. The third kappa shape index (κ3) is 6.68. The highest BCUT2D eigenvalue weighted by molar-refractivity contribution is 5.79. The first-order chi connectivity index (χ1) is 12.7. The maximum Gasteiger partial charge on any atom is 0.224 e. The average molecular weight is 360 g/mol. The van der Waals surface area contributed by atoms with Crippen molar-refractivity contribution in [1.29, 1.82) is 0 Å². The number of hydrogen-bond acceptors (Lipinski definition) is 4. The molecule has 0 spiro atoms. The predicted octanol–water partition coefficient (Wildman–Crippen LogP) is 3.10. The highest BCUT2D eigenvalue weighted by Gasteiger charge is 2.07. The van der Waals surface area contributed by atoms with Gasteiger partial charge in [0.2, 0.25) is 5.88 Å². The SMILES string of the molecule is CCNC(=NCc1cccnc1Oc1cccc(F)c1)NCCOCC. The van der Waals surface area contributed by atoms with E-state index in [4.69, 9.17) is 9.47 Å². The number of benzene rings is 1. The fourth-order valence-electron chi connectivity index (χ4n) is 2.17. The second kappa shape index (κ2) is 11.0. The number of aliphatic imine (C=N–C) groups is 1. The summed E-state index contributed by atoms with van der Waals surface area (Å²) in [5, 5.41) is 6.38. The Morgan fingerprint density at radius 2 is 2.08 bits per heavy atom. The molecule has 2 aromatic rings. The summed E-state index contributed by atoms with van der Waals surface area (Å²) in [6.07, 6.45) is 1.63. The van der Waals surface area contributed by atoms with E-state index in [-0.39, 0.29) is 5.82 Å². The van der Waals surface area contributed by atoms with Gasteiger partial charge in [-0.25, -0.2) is 14.4 Å². The van der Waals surface area contributed by atoms with Gasteiger partial charge in [0.1, 0.15) is 11.6 Å². The van der Waals surface area contributed by atoms with Crippen molar-refractivity contribution < 1.29 is 13.9 Å². The van der Waals surface area contributed by atoms with Crippen LogP contribution in [0.2, 0.25) is 0 Å². The fraction of sp³-hybridized carbons (Fsp3) is 0.368. The van der Waals surface area contributed by atoms with Gasteiger partial charge in [-0.1, -0.05) is 12.1 Å². The molecule has 1 aromatic heterocycles. The number of rotatable bonds is 9. The van der Waals surface area contributed by atoms with E-state index in [0.29, 0.717) is 43.9 Å². The molecular weight excluding hydrogens is 335 g/mol. The van der Waals surface area contributed by atoms with Gasteiger partial charge in [-0.15, -0.1) is 0 Å². The predicted molar refractivity (Wildman–Crippen MR) is 100 cm³/mol. The first-order valence-electron chi connectivity index (χ1n) is 8.70. The number of pyridine rings is 1. The Hall–Kier alpha value is -2.67. The van der Waals surface area contributed by atoms with Crippen LogP contribution in [0.1, 0.15) is 19.4 Å². The van der Waals surface area contributed by atoms with Gasteiger partial charge in [0.25, 0.3) is 0 Å². The Balaban J connectivity index is 2.05. The third-order valence-electron chi connectivity index (χ3n) is 3.36. The normalized spacial score (nSPS) is 11.3. The molecule has 2 rings (SSSR count). The van der Waals surface area contributed by atoms with Crippen molar-refractivity contribution in [1.82, 2.24) is 15.6 Å². The van der Waals surface area contributed by atoms with E-state index >= 15 is 0 Å². The quantitative estimate of drug-likeness (QED) is 0.409. The van der Waals surface area contributed by atoms with Gasteiger partial charge >= 0.3 is 0 Å². The highest BCUT2D eigenvalue weighted by atomic mass is 19.1. The molecular formula is C19H25FN4O2. The first-order valence-corrected chi connectivity index (χ1v) is 8.70. The van der Waals surface area contributed by atoms with Gasteiger partial charge in [-0.3, -0.25) is 0 Å². The van der Waals surface area contributed by atoms with Crippen molar-refractivity contribution in [3.05, 3.63) is 54.0 Å². The van der Waals surface area contributed by atoms with Gasteiger partial charge < -0.3 is 20.1 Å². The van der Waals surface area contributed by atoms with E-state index in [1.807, 2.05) is 26.0 Å². The van der Waals surface area contributed by atoms with E-state index in [1.165, 1.54) is 12.1 Å². The summed E-state index contributed by atoms with van der Waals surface area (Å²) in [4.78, 5) is 8.79. The van der Waals surface area contributed by atoms with E-state index in [0.717, 1.165) is 12.1 Å². The Morgan fingerprint density at radius 1 is 1.19 bits per heavy atom. The standard InChI is InChI=1S/C19H25FN4O2/c1-3-21-19(23-11-12-25-4-2)24-14-15-7-6-10-22-18(15)26-17-9-5-8-16(20)13-17/h5-10,13H,3-4,11-12,14H2,1-2H3,(H2,21,23,24). The van der Waals surface area contributed by atoms with Crippen LogP contribution in [0.5, 0.6) is 11.6 Å². The lowest BCUT2D eigenvalue weighted by Gasteiger charge is -2.12. The zero-order valence-corrected chi connectivity index (χ0v) is 15.2. The molecule has 0 bridgehead atoms. The summed E-state index contributed by atoms with van der Waals surface area (Å²) in [6.45, 7) is 7.06. The molecule has 1 heterocycles. The summed E-state index contributed by atoms with van der Waals surface area (Å²) in [6, 6.07) is 9.67. The summed E-state index contributed by atoms with van der Waals surface area (Å²) in [5.41, 5.74) is 0.804. The lowest BCUT2D eigenvalue weighted by molar-refractivity contribution is 0.152. The number of ether oxygens (including phenoxy) is 2. The molecule has 7 heteroatoms. The van der Waals surface area contributed by atoms with Crippen LogP contribution >= 0.6 is 0 Å². The first kappa shape index (κ1) is 19.7. The molecule has 0 aliphatic rings. The minimum Gasteiger partial charge on any atom is -0.439 e. The van der Waals surface area contributed by atoms with Gasteiger partial charge in [-0.05, 0) is 32.0 Å². The second-order valence-corrected chi connectivity index (χ2v) is 5.35. The zero-order valence-electron chi connectivity index (χ0n) is 15.2.